The fraction of sp³-hybridized carbons (Fsp3) is 0.333. The monoisotopic (exact) mass is 472 g/mol. The zero-order valence-corrected chi connectivity index (χ0v) is 16.9. The van der Waals surface area contributed by atoms with Gasteiger partial charge in [-0.1, -0.05) is 18.2 Å². The molecule has 1 fully saturated rings. The van der Waals surface area contributed by atoms with Gasteiger partial charge in [-0.05, 0) is 18.2 Å². The van der Waals surface area contributed by atoms with Gasteiger partial charge in [0.05, 0.1) is 6.26 Å². The van der Waals surface area contributed by atoms with Crippen molar-refractivity contribution in [3.05, 3.63) is 59.8 Å². The number of carbonyl (C=O) groups is 1. The highest BCUT2D eigenvalue weighted by Crippen LogP contribution is 2.10. The van der Waals surface area contributed by atoms with Gasteiger partial charge in [0.1, 0.15) is 5.82 Å². The van der Waals surface area contributed by atoms with Crippen LogP contribution in [0.4, 0.5) is 4.39 Å². The molecule has 2 heterocycles. The highest BCUT2D eigenvalue weighted by atomic mass is 127. The number of piperazine rings is 1. The van der Waals surface area contributed by atoms with Crippen molar-refractivity contribution in [1.29, 1.82) is 0 Å². The Bertz CT molecular complexity index is 743. The second-order valence-electron chi connectivity index (χ2n) is 5.75. The van der Waals surface area contributed by atoms with Crippen molar-refractivity contribution in [3.8, 4) is 0 Å². The molecule has 0 aliphatic carbocycles. The van der Waals surface area contributed by atoms with Crippen LogP contribution in [0, 0.1) is 5.82 Å². The minimum Gasteiger partial charge on any atom is -0.459 e. The molecule has 2 aromatic rings. The Morgan fingerprint density at radius 2 is 1.85 bits per heavy atom. The van der Waals surface area contributed by atoms with E-state index in [-0.39, 0.29) is 35.7 Å². The number of amides is 1. The Morgan fingerprint density at radius 1 is 1.15 bits per heavy atom. The van der Waals surface area contributed by atoms with E-state index in [9.17, 15) is 9.18 Å². The molecular weight excluding hydrogens is 450 g/mol. The SMILES string of the molecule is CN=C(NCc1ccccc1F)N1CCN(C(=O)c2ccco2)CC1.I. The first-order chi connectivity index (χ1) is 12.2. The molecule has 6 nitrogen and oxygen atoms in total. The zero-order chi connectivity index (χ0) is 17.6. The van der Waals surface area contributed by atoms with Crippen LogP contribution in [0.25, 0.3) is 0 Å². The van der Waals surface area contributed by atoms with Crippen LogP contribution >= 0.6 is 24.0 Å². The van der Waals surface area contributed by atoms with Crippen LogP contribution in [0.3, 0.4) is 0 Å². The predicted molar refractivity (Wildman–Crippen MR) is 108 cm³/mol. The maximum absolute atomic E-state index is 13.7. The van der Waals surface area contributed by atoms with Crippen LogP contribution in [0.15, 0.2) is 52.1 Å². The molecule has 0 atom stereocenters. The van der Waals surface area contributed by atoms with Crippen molar-refractivity contribution in [2.75, 3.05) is 33.2 Å². The smallest absolute Gasteiger partial charge is 0.289 e. The standard InChI is InChI=1S/C18H21FN4O2.HI/c1-20-18(21-13-14-5-2-3-6-15(14)19)23-10-8-22(9-11-23)17(24)16-7-4-12-25-16;/h2-7,12H,8-11,13H2,1H3,(H,20,21);1H. The number of benzene rings is 1. The summed E-state index contributed by atoms with van der Waals surface area (Å²) in [6.45, 7) is 2.84. The largest absolute Gasteiger partial charge is 0.459 e. The quantitative estimate of drug-likeness (QED) is 0.424. The number of carbonyl (C=O) groups excluding carboxylic acids is 1. The van der Waals surface area contributed by atoms with E-state index in [1.165, 1.54) is 12.3 Å². The summed E-state index contributed by atoms with van der Waals surface area (Å²) < 4.78 is 18.9. The summed E-state index contributed by atoms with van der Waals surface area (Å²) in [4.78, 5) is 20.4. The molecule has 3 rings (SSSR count). The molecule has 0 radical (unpaired) electrons. The summed E-state index contributed by atoms with van der Waals surface area (Å²) in [7, 11) is 1.70. The number of nitrogens with zero attached hydrogens (tertiary/aromatic N) is 3. The van der Waals surface area contributed by atoms with Crippen molar-refractivity contribution in [3.63, 3.8) is 0 Å². The molecule has 1 amide bonds. The maximum atomic E-state index is 13.7. The van der Waals surface area contributed by atoms with E-state index in [2.05, 4.69) is 15.2 Å². The number of rotatable bonds is 3. The first-order valence-electron chi connectivity index (χ1n) is 8.21. The summed E-state index contributed by atoms with van der Waals surface area (Å²) in [5.74, 6) is 0.724. The summed E-state index contributed by atoms with van der Waals surface area (Å²) >= 11 is 0. The Kier molecular flexibility index (Phi) is 7.43. The number of hydrogen-bond donors (Lipinski definition) is 1. The number of aliphatic imine (C=N–C) groups is 1. The van der Waals surface area contributed by atoms with Gasteiger partial charge in [0.15, 0.2) is 11.7 Å². The summed E-state index contributed by atoms with van der Waals surface area (Å²) in [6, 6.07) is 10.0. The third-order valence-corrected chi connectivity index (χ3v) is 4.20. The normalized spacial score (nSPS) is 14.8. The number of nitrogens with one attached hydrogen (secondary N) is 1. The molecule has 1 aromatic carbocycles. The molecule has 0 unspecified atom stereocenters. The highest BCUT2D eigenvalue weighted by Gasteiger charge is 2.25. The van der Waals surface area contributed by atoms with E-state index in [4.69, 9.17) is 4.42 Å². The lowest BCUT2D eigenvalue weighted by Crippen LogP contribution is -2.53. The van der Waals surface area contributed by atoms with Crippen molar-refractivity contribution in [2.24, 2.45) is 4.99 Å². The Labute approximate surface area is 169 Å². The molecule has 8 heteroatoms. The molecule has 1 saturated heterocycles. The third kappa shape index (κ3) is 4.75. The first-order valence-corrected chi connectivity index (χ1v) is 8.21. The number of hydrogen-bond acceptors (Lipinski definition) is 3. The van der Waals surface area contributed by atoms with Crippen molar-refractivity contribution in [1.82, 2.24) is 15.1 Å². The van der Waals surface area contributed by atoms with Gasteiger partial charge in [-0.25, -0.2) is 4.39 Å². The number of guanidine groups is 1. The molecule has 1 aliphatic rings. The van der Waals surface area contributed by atoms with Crippen LogP contribution in [0.5, 0.6) is 0 Å². The second-order valence-corrected chi connectivity index (χ2v) is 5.75. The van der Waals surface area contributed by atoms with E-state index in [1.54, 1.807) is 36.2 Å². The van der Waals surface area contributed by atoms with Crippen LogP contribution < -0.4 is 5.32 Å². The van der Waals surface area contributed by atoms with Crippen LogP contribution in [0.2, 0.25) is 0 Å². The Hall–Kier alpha value is -2.10. The van der Waals surface area contributed by atoms with Gasteiger partial charge in [0, 0.05) is 45.3 Å². The van der Waals surface area contributed by atoms with Gasteiger partial charge in [0.2, 0.25) is 0 Å². The molecule has 1 aromatic heterocycles. The molecule has 140 valence electrons. The van der Waals surface area contributed by atoms with Crippen molar-refractivity contribution in [2.45, 2.75) is 6.54 Å². The Balaban J connectivity index is 0.00000243. The molecule has 1 N–H and O–H groups in total. The maximum Gasteiger partial charge on any atom is 0.289 e. The zero-order valence-electron chi connectivity index (χ0n) is 14.5. The average molecular weight is 472 g/mol. The highest BCUT2D eigenvalue weighted by molar-refractivity contribution is 14.0. The summed E-state index contributed by atoms with van der Waals surface area (Å²) in [5.41, 5.74) is 0.593. The van der Waals surface area contributed by atoms with Crippen molar-refractivity contribution < 1.29 is 13.6 Å². The molecular formula is C18H22FIN4O2. The molecule has 26 heavy (non-hydrogen) atoms. The van der Waals surface area contributed by atoms with E-state index >= 15 is 0 Å². The molecule has 0 saturated carbocycles. The van der Waals surface area contributed by atoms with E-state index in [0.29, 0.717) is 50.0 Å². The predicted octanol–water partition coefficient (Wildman–Crippen LogP) is 2.57. The van der Waals surface area contributed by atoms with Gasteiger partial charge in [-0.3, -0.25) is 9.79 Å². The second kappa shape index (κ2) is 9.56. The summed E-state index contributed by atoms with van der Waals surface area (Å²) in [6.07, 6.45) is 1.50. The lowest BCUT2D eigenvalue weighted by Gasteiger charge is -2.36. The lowest BCUT2D eigenvalue weighted by atomic mass is 10.2. The topological polar surface area (TPSA) is 61.1 Å². The van der Waals surface area contributed by atoms with Gasteiger partial charge in [0.25, 0.3) is 5.91 Å². The Morgan fingerprint density at radius 3 is 2.46 bits per heavy atom. The van der Waals surface area contributed by atoms with Crippen molar-refractivity contribution >= 4 is 35.8 Å². The van der Waals surface area contributed by atoms with Gasteiger partial charge >= 0.3 is 0 Å². The van der Waals surface area contributed by atoms with Crippen LogP contribution in [-0.4, -0.2) is 54.9 Å². The lowest BCUT2D eigenvalue weighted by molar-refractivity contribution is 0.0657. The van der Waals surface area contributed by atoms with Gasteiger partial charge < -0.3 is 19.5 Å². The number of halogens is 2. The average Bonchev–Trinajstić information content (AvgIpc) is 3.18. The van der Waals surface area contributed by atoms with E-state index in [1.807, 2.05) is 6.07 Å². The molecule has 0 spiro atoms. The number of furan rings is 1. The fourth-order valence-corrected chi connectivity index (χ4v) is 2.83. The van der Waals surface area contributed by atoms with Gasteiger partial charge in [-0.15, -0.1) is 24.0 Å². The van der Waals surface area contributed by atoms with Gasteiger partial charge in [-0.2, -0.15) is 0 Å². The first kappa shape index (κ1) is 20.2. The minimum atomic E-state index is -0.237. The van der Waals surface area contributed by atoms with E-state index < -0.39 is 0 Å². The summed E-state index contributed by atoms with van der Waals surface area (Å²) in [5, 5.41) is 3.18. The molecule has 1 aliphatic heterocycles. The fourth-order valence-electron chi connectivity index (χ4n) is 2.83. The third-order valence-electron chi connectivity index (χ3n) is 4.20. The molecule has 0 bridgehead atoms. The van der Waals surface area contributed by atoms with E-state index in [0.717, 1.165) is 0 Å². The van der Waals surface area contributed by atoms with Crippen LogP contribution in [0.1, 0.15) is 16.1 Å². The minimum absolute atomic E-state index is 0. The van der Waals surface area contributed by atoms with Crippen LogP contribution in [-0.2, 0) is 6.54 Å².